The second kappa shape index (κ2) is 7.56. The van der Waals surface area contributed by atoms with Crippen LogP contribution in [0.15, 0.2) is 16.7 Å². The average Bonchev–Trinajstić information content (AvgIpc) is 3.29. The van der Waals surface area contributed by atoms with Crippen molar-refractivity contribution in [2.24, 2.45) is 0 Å². The van der Waals surface area contributed by atoms with Gasteiger partial charge in [-0.25, -0.2) is 13.2 Å². The Balaban J connectivity index is 1.42. The molecular weight excluding hydrogens is 373 g/mol. The number of halogens is 3. The van der Waals surface area contributed by atoms with Gasteiger partial charge in [0.25, 0.3) is 5.91 Å². The summed E-state index contributed by atoms with van der Waals surface area (Å²) in [5.74, 6) is -3.94. The standard InChI is InChI=1S/C19H21F3N4O2/c1-25-4-6-26(7-5-25)10-12-9-15(24-28-12)19(27)23-14-3-2-11-8-13(20)17(21)18(22)16(11)14/h8-9,14H,2-7,10H2,1H3,(H,23,27). The number of nitrogens with zero attached hydrogens (tertiary/aromatic N) is 3. The monoisotopic (exact) mass is 394 g/mol. The minimum absolute atomic E-state index is 0.00778. The normalized spacial score (nSPS) is 20.4. The fraction of sp³-hybridized carbons (Fsp3) is 0.474. The molecule has 1 aromatic carbocycles. The van der Waals surface area contributed by atoms with E-state index >= 15 is 0 Å². The summed E-state index contributed by atoms with van der Waals surface area (Å²) < 4.78 is 46.4. The smallest absolute Gasteiger partial charge is 0.273 e. The Kier molecular flexibility index (Phi) is 5.11. The number of fused-ring (bicyclic) bond motifs is 1. The first-order valence-electron chi connectivity index (χ1n) is 9.26. The second-order valence-electron chi connectivity index (χ2n) is 7.38. The Morgan fingerprint density at radius 2 is 1.96 bits per heavy atom. The van der Waals surface area contributed by atoms with Crippen LogP contribution in [-0.4, -0.2) is 54.1 Å². The Morgan fingerprint density at radius 1 is 1.21 bits per heavy atom. The fourth-order valence-corrected chi connectivity index (χ4v) is 3.78. The molecule has 0 spiro atoms. The van der Waals surface area contributed by atoms with Crippen LogP contribution in [0.25, 0.3) is 0 Å². The topological polar surface area (TPSA) is 61.6 Å². The van der Waals surface area contributed by atoms with Gasteiger partial charge in [0.2, 0.25) is 0 Å². The average molecular weight is 394 g/mol. The summed E-state index contributed by atoms with van der Waals surface area (Å²) in [5, 5.41) is 6.45. The summed E-state index contributed by atoms with van der Waals surface area (Å²) in [6.45, 7) is 4.29. The van der Waals surface area contributed by atoms with E-state index in [9.17, 15) is 18.0 Å². The largest absolute Gasteiger partial charge is 0.359 e. The van der Waals surface area contributed by atoms with Gasteiger partial charge in [-0.1, -0.05) is 5.16 Å². The van der Waals surface area contributed by atoms with Crippen molar-refractivity contribution in [3.05, 3.63) is 52.2 Å². The van der Waals surface area contributed by atoms with Crippen LogP contribution in [0, 0.1) is 17.5 Å². The van der Waals surface area contributed by atoms with Crippen LogP contribution in [0.4, 0.5) is 13.2 Å². The van der Waals surface area contributed by atoms with Gasteiger partial charge in [-0.05, 0) is 31.5 Å². The summed E-state index contributed by atoms with van der Waals surface area (Å²) in [4.78, 5) is 16.9. The van der Waals surface area contributed by atoms with Crippen LogP contribution in [0.5, 0.6) is 0 Å². The fourth-order valence-electron chi connectivity index (χ4n) is 3.78. The molecule has 1 saturated heterocycles. The van der Waals surface area contributed by atoms with Crippen molar-refractivity contribution in [2.75, 3.05) is 33.2 Å². The number of likely N-dealkylation sites (N-methyl/N-ethyl adjacent to an activating group) is 1. The third-order valence-electron chi connectivity index (χ3n) is 5.41. The lowest BCUT2D eigenvalue weighted by molar-refractivity contribution is 0.0926. The Bertz CT molecular complexity index is 894. The van der Waals surface area contributed by atoms with E-state index in [2.05, 4.69) is 27.3 Å². The summed E-state index contributed by atoms with van der Waals surface area (Å²) in [6.07, 6.45) is 0.731. The number of rotatable bonds is 4. The molecule has 1 aliphatic heterocycles. The van der Waals surface area contributed by atoms with Gasteiger partial charge in [0.05, 0.1) is 12.6 Å². The predicted octanol–water partition coefficient (Wildman–Crippen LogP) is 2.26. The zero-order valence-electron chi connectivity index (χ0n) is 15.5. The van der Waals surface area contributed by atoms with E-state index in [-0.39, 0.29) is 11.3 Å². The van der Waals surface area contributed by atoms with E-state index < -0.39 is 29.4 Å². The van der Waals surface area contributed by atoms with Crippen molar-refractivity contribution in [3.8, 4) is 0 Å². The zero-order valence-corrected chi connectivity index (χ0v) is 15.5. The van der Waals surface area contributed by atoms with E-state index in [4.69, 9.17) is 4.52 Å². The quantitative estimate of drug-likeness (QED) is 0.806. The maximum atomic E-state index is 14.1. The molecule has 0 bridgehead atoms. The van der Waals surface area contributed by atoms with Gasteiger partial charge >= 0.3 is 0 Å². The molecule has 4 rings (SSSR count). The predicted molar refractivity (Wildman–Crippen MR) is 94.1 cm³/mol. The Labute approximate surface area is 160 Å². The molecule has 0 saturated carbocycles. The molecule has 150 valence electrons. The number of carbonyl (C=O) groups excluding carboxylic acids is 1. The highest BCUT2D eigenvalue weighted by atomic mass is 19.2. The first-order valence-corrected chi connectivity index (χ1v) is 9.26. The van der Waals surface area contributed by atoms with E-state index in [1.54, 1.807) is 6.07 Å². The van der Waals surface area contributed by atoms with E-state index in [0.717, 1.165) is 32.2 Å². The number of piperazine rings is 1. The molecule has 1 aromatic heterocycles. The highest BCUT2D eigenvalue weighted by molar-refractivity contribution is 5.92. The molecule has 2 aliphatic rings. The molecular formula is C19H21F3N4O2. The highest BCUT2D eigenvalue weighted by Crippen LogP contribution is 2.35. The Hall–Kier alpha value is -2.39. The lowest BCUT2D eigenvalue weighted by Crippen LogP contribution is -2.43. The molecule has 1 unspecified atom stereocenters. The van der Waals surface area contributed by atoms with Crippen molar-refractivity contribution in [1.29, 1.82) is 0 Å². The van der Waals surface area contributed by atoms with Gasteiger partial charge in [-0.15, -0.1) is 0 Å². The molecule has 2 heterocycles. The van der Waals surface area contributed by atoms with Crippen molar-refractivity contribution < 1.29 is 22.5 Å². The number of amides is 1. The second-order valence-corrected chi connectivity index (χ2v) is 7.38. The number of aromatic nitrogens is 1. The molecule has 1 fully saturated rings. The SMILES string of the molecule is CN1CCN(Cc2cc(C(=O)NC3CCc4cc(F)c(F)c(F)c43)no2)CC1. The van der Waals surface area contributed by atoms with Crippen LogP contribution < -0.4 is 5.32 Å². The number of hydrogen-bond donors (Lipinski definition) is 1. The minimum atomic E-state index is -1.52. The number of carbonyl (C=O) groups is 1. The van der Waals surface area contributed by atoms with E-state index in [0.29, 0.717) is 30.7 Å². The first kappa shape index (κ1) is 18.9. The van der Waals surface area contributed by atoms with Gasteiger partial charge < -0.3 is 14.7 Å². The summed E-state index contributed by atoms with van der Waals surface area (Å²) in [5.41, 5.74) is 0.464. The Morgan fingerprint density at radius 3 is 2.71 bits per heavy atom. The summed E-state index contributed by atoms with van der Waals surface area (Å²) >= 11 is 0. The summed E-state index contributed by atoms with van der Waals surface area (Å²) in [7, 11) is 2.07. The maximum Gasteiger partial charge on any atom is 0.273 e. The van der Waals surface area contributed by atoms with Gasteiger partial charge in [0.1, 0.15) is 0 Å². The van der Waals surface area contributed by atoms with Gasteiger partial charge in [0.15, 0.2) is 28.9 Å². The van der Waals surface area contributed by atoms with E-state index in [1.807, 2.05) is 0 Å². The molecule has 28 heavy (non-hydrogen) atoms. The summed E-state index contributed by atoms with van der Waals surface area (Å²) in [6, 6.07) is 1.82. The van der Waals surface area contributed by atoms with Gasteiger partial charge in [-0.3, -0.25) is 9.69 Å². The third kappa shape index (κ3) is 3.64. The number of benzene rings is 1. The van der Waals surface area contributed by atoms with Crippen LogP contribution in [0.3, 0.4) is 0 Å². The highest BCUT2D eigenvalue weighted by Gasteiger charge is 2.31. The van der Waals surface area contributed by atoms with E-state index in [1.165, 1.54) is 0 Å². The maximum absolute atomic E-state index is 14.1. The number of nitrogens with one attached hydrogen (secondary N) is 1. The molecule has 2 aromatic rings. The lowest BCUT2D eigenvalue weighted by Gasteiger charge is -2.31. The molecule has 1 atom stereocenters. The molecule has 0 radical (unpaired) electrons. The van der Waals surface area contributed by atoms with Gasteiger partial charge in [0, 0.05) is 37.8 Å². The van der Waals surface area contributed by atoms with Crippen LogP contribution in [0.1, 0.15) is 39.8 Å². The first-order chi connectivity index (χ1) is 13.4. The molecule has 6 nitrogen and oxygen atoms in total. The molecule has 1 aliphatic carbocycles. The molecule has 9 heteroatoms. The van der Waals surface area contributed by atoms with Crippen LogP contribution >= 0.6 is 0 Å². The van der Waals surface area contributed by atoms with Crippen molar-refractivity contribution in [2.45, 2.75) is 25.4 Å². The van der Waals surface area contributed by atoms with Crippen LogP contribution in [0.2, 0.25) is 0 Å². The number of aryl methyl sites for hydroxylation is 1. The van der Waals surface area contributed by atoms with Gasteiger partial charge in [-0.2, -0.15) is 0 Å². The molecule has 1 N–H and O–H groups in total. The zero-order chi connectivity index (χ0) is 19.8. The van der Waals surface area contributed by atoms with Crippen LogP contribution in [-0.2, 0) is 13.0 Å². The minimum Gasteiger partial charge on any atom is -0.359 e. The van der Waals surface area contributed by atoms with Crippen molar-refractivity contribution in [1.82, 2.24) is 20.3 Å². The molecule has 1 amide bonds. The van der Waals surface area contributed by atoms with Crippen molar-refractivity contribution in [3.63, 3.8) is 0 Å². The third-order valence-corrected chi connectivity index (χ3v) is 5.41. The number of hydrogen-bond acceptors (Lipinski definition) is 5. The lowest BCUT2D eigenvalue weighted by atomic mass is 10.1. The van der Waals surface area contributed by atoms with Crippen molar-refractivity contribution >= 4 is 5.91 Å².